The Bertz CT molecular complexity index is 478. The van der Waals surface area contributed by atoms with Crippen molar-refractivity contribution >= 4 is 18.0 Å². The topological polar surface area (TPSA) is 90.9 Å². The van der Waals surface area contributed by atoms with Crippen LogP contribution in [0.25, 0.3) is 0 Å². The highest BCUT2D eigenvalue weighted by Gasteiger charge is 2.26. The lowest BCUT2D eigenvalue weighted by Crippen LogP contribution is -2.32. The van der Waals surface area contributed by atoms with Crippen molar-refractivity contribution < 1.29 is 28.6 Å². The largest absolute Gasteiger partial charge is 0.466 e. The van der Waals surface area contributed by atoms with E-state index in [0.717, 1.165) is 25.7 Å². The zero-order valence-electron chi connectivity index (χ0n) is 19.6. The summed E-state index contributed by atoms with van der Waals surface area (Å²) < 4.78 is 15.4. The number of carbonyl (C=O) groups is 3. The first-order chi connectivity index (χ1) is 14.3. The van der Waals surface area contributed by atoms with Crippen LogP contribution in [0.5, 0.6) is 0 Å². The normalized spacial score (nSPS) is 11.1. The number of nitrogens with one attached hydrogen (secondary N) is 1. The van der Waals surface area contributed by atoms with E-state index in [9.17, 15) is 14.4 Å². The molecule has 0 bridgehead atoms. The molecule has 0 aliphatic heterocycles. The zero-order chi connectivity index (χ0) is 22.7. The number of alkyl carbamates (subject to hydrolysis) is 1. The summed E-state index contributed by atoms with van der Waals surface area (Å²) in [5, 5.41) is 2.55. The van der Waals surface area contributed by atoms with Gasteiger partial charge in [0.05, 0.1) is 25.2 Å². The summed E-state index contributed by atoms with van der Waals surface area (Å²) in [5.74, 6) is -0.423. The Labute approximate surface area is 182 Å². The van der Waals surface area contributed by atoms with E-state index in [0.29, 0.717) is 32.5 Å². The molecule has 7 nitrogen and oxygen atoms in total. The molecule has 30 heavy (non-hydrogen) atoms. The van der Waals surface area contributed by atoms with Crippen LogP contribution in [0.2, 0.25) is 0 Å². The molecule has 0 aromatic carbocycles. The van der Waals surface area contributed by atoms with Gasteiger partial charge in [0.25, 0.3) is 0 Å². The fraction of sp³-hybridized carbons (Fsp3) is 0.870. The maximum absolute atomic E-state index is 11.8. The summed E-state index contributed by atoms with van der Waals surface area (Å²) in [6.45, 7) is 8.92. The highest BCUT2D eigenvalue weighted by atomic mass is 16.6. The molecule has 0 aromatic heterocycles. The smallest absolute Gasteiger partial charge is 0.407 e. The summed E-state index contributed by atoms with van der Waals surface area (Å²) in [6.07, 6.45) is 9.82. The molecule has 0 radical (unpaired) electrons. The van der Waals surface area contributed by atoms with Gasteiger partial charge in [0.2, 0.25) is 0 Å². The molecule has 0 spiro atoms. The average molecular weight is 430 g/mol. The van der Waals surface area contributed by atoms with E-state index in [1.165, 1.54) is 25.7 Å². The van der Waals surface area contributed by atoms with Gasteiger partial charge in [0, 0.05) is 6.42 Å². The van der Waals surface area contributed by atoms with Crippen molar-refractivity contribution in [2.45, 2.75) is 98.3 Å². The molecule has 0 saturated carbocycles. The average Bonchev–Trinajstić information content (AvgIpc) is 2.72. The van der Waals surface area contributed by atoms with E-state index in [2.05, 4.69) is 12.2 Å². The molecule has 0 aliphatic rings. The van der Waals surface area contributed by atoms with E-state index < -0.39 is 11.5 Å². The van der Waals surface area contributed by atoms with Crippen LogP contribution >= 0.6 is 0 Å². The summed E-state index contributed by atoms with van der Waals surface area (Å²) in [6, 6.07) is 0. The second-order valence-electron chi connectivity index (χ2n) is 8.23. The highest BCUT2D eigenvalue weighted by molar-refractivity contribution is 5.75. The first-order valence-corrected chi connectivity index (χ1v) is 11.6. The van der Waals surface area contributed by atoms with Gasteiger partial charge in [-0.1, -0.05) is 46.0 Å². The van der Waals surface area contributed by atoms with Crippen LogP contribution < -0.4 is 5.32 Å². The predicted molar refractivity (Wildman–Crippen MR) is 117 cm³/mol. The minimum Gasteiger partial charge on any atom is -0.466 e. The van der Waals surface area contributed by atoms with Crippen LogP contribution in [0.3, 0.4) is 0 Å². The Balaban J connectivity index is 3.48. The van der Waals surface area contributed by atoms with Gasteiger partial charge < -0.3 is 19.5 Å². The van der Waals surface area contributed by atoms with E-state index >= 15 is 0 Å². The third-order valence-electron chi connectivity index (χ3n) is 5.06. The van der Waals surface area contributed by atoms with Gasteiger partial charge in [-0.2, -0.15) is 0 Å². The Morgan fingerprint density at radius 3 is 2.00 bits per heavy atom. The van der Waals surface area contributed by atoms with Crippen molar-refractivity contribution in [3.05, 3.63) is 0 Å². The third kappa shape index (κ3) is 16.1. The van der Waals surface area contributed by atoms with Crippen LogP contribution in [0.15, 0.2) is 0 Å². The number of carbonyl (C=O) groups excluding carboxylic acids is 3. The number of hydrogen-bond donors (Lipinski definition) is 1. The number of hydrogen-bond acceptors (Lipinski definition) is 6. The Hall–Kier alpha value is -1.79. The fourth-order valence-electron chi connectivity index (χ4n) is 2.54. The van der Waals surface area contributed by atoms with Crippen LogP contribution in [0, 0.1) is 5.41 Å². The number of unbranched alkanes of at least 4 members (excludes halogenated alkanes) is 7. The maximum atomic E-state index is 11.8. The summed E-state index contributed by atoms with van der Waals surface area (Å²) in [4.78, 5) is 35.0. The van der Waals surface area contributed by atoms with Crippen LogP contribution in [-0.2, 0) is 23.8 Å². The van der Waals surface area contributed by atoms with E-state index in [1.54, 1.807) is 0 Å². The molecule has 0 aliphatic carbocycles. The fourth-order valence-corrected chi connectivity index (χ4v) is 2.54. The van der Waals surface area contributed by atoms with Gasteiger partial charge in [0.15, 0.2) is 0 Å². The summed E-state index contributed by atoms with van der Waals surface area (Å²) in [7, 11) is 0. The van der Waals surface area contributed by atoms with Crippen molar-refractivity contribution in [2.75, 3.05) is 26.4 Å². The van der Waals surface area contributed by atoms with Gasteiger partial charge in [-0.3, -0.25) is 9.59 Å². The van der Waals surface area contributed by atoms with Gasteiger partial charge >= 0.3 is 18.0 Å². The molecule has 1 amide bonds. The van der Waals surface area contributed by atoms with E-state index in [1.807, 2.05) is 20.8 Å². The molecular formula is C23H43NO6. The molecule has 0 heterocycles. The van der Waals surface area contributed by atoms with Crippen LogP contribution in [-0.4, -0.2) is 44.4 Å². The third-order valence-corrected chi connectivity index (χ3v) is 5.06. The van der Waals surface area contributed by atoms with E-state index in [4.69, 9.17) is 14.2 Å². The Kier molecular flexibility index (Phi) is 16.9. The van der Waals surface area contributed by atoms with Gasteiger partial charge in [-0.25, -0.2) is 4.79 Å². The highest BCUT2D eigenvalue weighted by Crippen LogP contribution is 2.21. The van der Waals surface area contributed by atoms with Crippen molar-refractivity contribution in [1.29, 1.82) is 0 Å². The molecule has 176 valence electrons. The first kappa shape index (κ1) is 28.2. The summed E-state index contributed by atoms with van der Waals surface area (Å²) >= 11 is 0. The zero-order valence-corrected chi connectivity index (χ0v) is 19.6. The molecule has 0 aromatic rings. The SMILES string of the molecule is CCCCCCCCOC(=O)CCCCCOC(=O)NCCOC(=O)C(C)(C)CC. The number of amides is 1. The minimum absolute atomic E-state index is 0.123. The second kappa shape index (κ2) is 18.0. The lowest BCUT2D eigenvalue weighted by molar-refractivity contribution is -0.154. The quantitative estimate of drug-likeness (QED) is 0.184. The monoisotopic (exact) mass is 429 g/mol. The van der Waals surface area contributed by atoms with Crippen molar-refractivity contribution in [1.82, 2.24) is 5.32 Å². The van der Waals surface area contributed by atoms with E-state index in [-0.39, 0.29) is 25.1 Å². The maximum Gasteiger partial charge on any atom is 0.407 e. The van der Waals surface area contributed by atoms with Crippen molar-refractivity contribution in [3.63, 3.8) is 0 Å². The molecule has 0 unspecified atom stereocenters. The number of rotatable bonds is 18. The van der Waals surface area contributed by atoms with Gasteiger partial charge in [-0.05, 0) is 46.0 Å². The van der Waals surface area contributed by atoms with Crippen molar-refractivity contribution in [3.8, 4) is 0 Å². The summed E-state index contributed by atoms with van der Waals surface area (Å²) in [5.41, 5.74) is -0.513. The Morgan fingerprint density at radius 2 is 1.33 bits per heavy atom. The molecule has 0 atom stereocenters. The van der Waals surface area contributed by atoms with Crippen LogP contribution in [0.1, 0.15) is 98.3 Å². The molecule has 0 rings (SSSR count). The molecular weight excluding hydrogens is 386 g/mol. The first-order valence-electron chi connectivity index (χ1n) is 11.6. The molecule has 0 fully saturated rings. The predicted octanol–water partition coefficient (Wildman–Crippen LogP) is 5.16. The van der Waals surface area contributed by atoms with Gasteiger partial charge in [0.1, 0.15) is 6.61 Å². The molecule has 0 saturated heterocycles. The van der Waals surface area contributed by atoms with Crippen molar-refractivity contribution in [2.24, 2.45) is 5.41 Å². The lowest BCUT2D eigenvalue weighted by atomic mass is 9.91. The number of ether oxygens (including phenoxy) is 3. The minimum atomic E-state index is -0.529. The van der Waals surface area contributed by atoms with Crippen LogP contribution in [0.4, 0.5) is 4.79 Å². The van der Waals surface area contributed by atoms with Gasteiger partial charge in [-0.15, -0.1) is 0 Å². The molecule has 7 heteroatoms. The standard InChI is InChI=1S/C23H43NO6/c1-5-7-8-9-10-13-17-28-20(25)15-12-11-14-18-30-22(27)24-16-19-29-21(26)23(3,4)6-2/h5-19H2,1-4H3,(H,24,27). The second-order valence-corrected chi connectivity index (χ2v) is 8.23. The lowest BCUT2D eigenvalue weighted by Gasteiger charge is -2.20. The molecule has 1 N–H and O–H groups in total. The number of esters is 2. The Morgan fingerprint density at radius 1 is 0.733 bits per heavy atom.